The molecule has 172 valence electrons. The first-order chi connectivity index (χ1) is 15.4. The van der Waals surface area contributed by atoms with Gasteiger partial charge in [0.25, 0.3) is 0 Å². The van der Waals surface area contributed by atoms with Crippen LogP contribution in [-0.2, 0) is 12.8 Å². The standard InChI is InChI=1S/C24H33FN6O/c1-30(2)22-20-5-3-4-6-21(20)28-24(29-22)27-18-11-7-16(8-12-18)15-31(23(26)32)19-13-9-17(25)10-14-19/h9-10,13-14,16,18H,3-8,11-12,15H2,1-2H3,(H2,26,32)(H,27,28,29)/t16-,18+. The van der Waals surface area contributed by atoms with Gasteiger partial charge in [0.15, 0.2) is 0 Å². The normalized spacial score (nSPS) is 20.3. The molecule has 0 saturated heterocycles. The zero-order chi connectivity index (χ0) is 22.7. The lowest BCUT2D eigenvalue weighted by Gasteiger charge is -2.33. The van der Waals surface area contributed by atoms with Crippen LogP contribution >= 0.6 is 0 Å². The van der Waals surface area contributed by atoms with Gasteiger partial charge in [0.05, 0.1) is 5.69 Å². The third-order valence-corrected chi connectivity index (χ3v) is 6.61. The number of anilines is 3. The lowest BCUT2D eigenvalue weighted by molar-refractivity contribution is 0.250. The summed E-state index contributed by atoms with van der Waals surface area (Å²) in [6.07, 6.45) is 8.39. The zero-order valence-corrected chi connectivity index (χ0v) is 19.0. The Bertz CT molecular complexity index is 940. The van der Waals surface area contributed by atoms with Crippen molar-refractivity contribution in [2.75, 3.05) is 35.8 Å². The molecule has 2 aliphatic carbocycles. The maximum atomic E-state index is 13.2. The molecule has 2 amide bonds. The number of aromatic nitrogens is 2. The summed E-state index contributed by atoms with van der Waals surface area (Å²) < 4.78 is 13.2. The van der Waals surface area contributed by atoms with Crippen LogP contribution in [0.3, 0.4) is 0 Å². The molecule has 1 aromatic heterocycles. The van der Waals surface area contributed by atoms with E-state index in [0.29, 0.717) is 24.2 Å². The van der Waals surface area contributed by atoms with Crippen LogP contribution in [0.4, 0.5) is 26.6 Å². The Morgan fingerprint density at radius 3 is 2.44 bits per heavy atom. The molecule has 1 heterocycles. The second kappa shape index (κ2) is 9.71. The predicted molar refractivity (Wildman–Crippen MR) is 126 cm³/mol. The molecule has 8 heteroatoms. The van der Waals surface area contributed by atoms with Crippen LogP contribution in [0.5, 0.6) is 0 Å². The second-order valence-corrected chi connectivity index (χ2v) is 9.18. The van der Waals surface area contributed by atoms with Crippen molar-refractivity contribution in [1.82, 2.24) is 9.97 Å². The smallest absolute Gasteiger partial charge is 0.319 e. The molecular formula is C24H33FN6O. The number of halogens is 1. The van der Waals surface area contributed by atoms with Crippen LogP contribution in [0, 0.1) is 11.7 Å². The summed E-state index contributed by atoms with van der Waals surface area (Å²) in [5, 5.41) is 3.57. The van der Waals surface area contributed by atoms with E-state index in [1.807, 2.05) is 14.1 Å². The minimum atomic E-state index is -0.504. The summed E-state index contributed by atoms with van der Waals surface area (Å²) in [7, 11) is 4.08. The number of aryl methyl sites for hydroxylation is 1. The van der Waals surface area contributed by atoms with Crippen LogP contribution in [0.25, 0.3) is 0 Å². The number of nitrogens with one attached hydrogen (secondary N) is 1. The maximum absolute atomic E-state index is 13.2. The van der Waals surface area contributed by atoms with Crippen molar-refractivity contribution in [1.29, 1.82) is 0 Å². The van der Waals surface area contributed by atoms with Gasteiger partial charge in [-0.2, -0.15) is 4.98 Å². The third kappa shape index (κ3) is 5.11. The van der Waals surface area contributed by atoms with Gasteiger partial charge in [0, 0.05) is 37.9 Å². The molecule has 32 heavy (non-hydrogen) atoms. The fourth-order valence-corrected chi connectivity index (χ4v) is 4.88. The average Bonchev–Trinajstić information content (AvgIpc) is 2.78. The van der Waals surface area contributed by atoms with E-state index in [1.165, 1.54) is 36.2 Å². The highest BCUT2D eigenvalue weighted by Gasteiger charge is 2.26. The lowest BCUT2D eigenvalue weighted by Crippen LogP contribution is -2.41. The number of nitrogens with zero attached hydrogens (tertiary/aromatic N) is 4. The van der Waals surface area contributed by atoms with Gasteiger partial charge < -0.3 is 16.0 Å². The molecule has 1 saturated carbocycles. The van der Waals surface area contributed by atoms with E-state index in [0.717, 1.165) is 50.3 Å². The lowest BCUT2D eigenvalue weighted by atomic mass is 9.85. The molecule has 2 aromatic rings. The van der Waals surface area contributed by atoms with Crippen molar-refractivity contribution in [2.45, 2.75) is 57.4 Å². The van der Waals surface area contributed by atoms with Crippen LogP contribution in [0.1, 0.15) is 49.8 Å². The van der Waals surface area contributed by atoms with E-state index in [-0.39, 0.29) is 5.82 Å². The Morgan fingerprint density at radius 2 is 1.78 bits per heavy atom. The highest BCUT2D eigenvalue weighted by molar-refractivity contribution is 5.90. The Balaban J connectivity index is 1.37. The maximum Gasteiger partial charge on any atom is 0.319 e. The van der Waals surface area contributed by atoms with Gasteiger partial charge in [-0.15, -0.1) is 0 Å². The van der Waals surface area contributed by atoms with Crippen LogP contribution in [0.15, 0.2) is 24.3 Å². The van der Waals surface area contributed by atoms with E-state index in [2.05, 4.69) is 10.2 Å². The van der Waals surface area contributed by atoms with Gasteiger partial charge in [-0.3, -0.25) is 4.90 Å². The molecule has 0 aliphatic heterocycles. The first kappa shape index (κ1) is 22.3. The summed E-state index contributed by atoms with van der Waals surface area (Å²) >= 11 is 0. The fourth-order valence-electron chi connectivity index (χ4n) is 4.88. The van der Waals surface area contributed by atoms with Crippen molar-refractivity contribution >= 4 is 23.5 Å². The molecule has 2 aliphatic rings. The van der Waals surface area contributed by atoms with Gasteiger partial charge in [-0.05, 0) is 81.5 Å². The fraction of sp³-hybridized carbons (Fsp3) is 0.542. The number of carbonyl (C=O) groups is 1. The van der Waals surface area contributed by atoms with Crippen molar-refractivity contribution in [3.05, 3.63) is 41.3 Å². The van der Waals surface area contributed by atoms with Gasteiger partial charge in [0.2, 0.25) is 5.95 Å². The molecule has 0 spiro atoms. The highest BCUT2D eigenvalue weighted by Crippen LogP contribution is 2.31. The van der Waals surface area contributed by atoms with Crippen molar-refractivity contribution < 1.29 is 9.18 Å². The molecule has 0 radical (unpaired) electrons. The Hall–Kier alpha value is -2.90. The van der Waals surface area contributed by atoms with E-state index >= 15 is 0 Å². The summed E-state index contributed by atoms with van der Waals surface area (Å²) in [5.74, 6) is 1.78. The van der Waals surface area contributed by atoms with Crippen LogP contribution in [-0.4, -0.2) is 42.7 Å². The van der Waals surface area contributed by atoms with Crippen LogP contribution < -0.4 is 20.9 Å². The number of hydrogen-bond acceptors (Lipinski definition) is 5. The molecule has 1 aromatic carbocycles. The van der Waals surface area contributed by atoms with E-state index in [1.54, 1.807) is 17.0 Å². The number of amides is 2. The van der Waals surface area contributed by atoms with E-state index < -0.39 is 6.03 Å². The summed E-state index contributed by atoms with van der Waals surface area (Å²) in [6.45, 7) is 0.549. The molecule has 0 bridgehead atoms. The largest absolute Gasteiger partial charge is 0.362 e. The first-order valence-corrected chi connectivity index (χ1v) is 11.6. The van der Waals surface area contributed by atoms with E-state index in [4.69, 9.17) is 15.7 Å². The molecule has 4 rings (SSSR count). The number of benzene rings is 1. The molecule has 0 atom stereocenters. The number of primary amides is 1. The number of hydrogen-bond donors (Lipinski definition) is 2. The molecule has 0 unspecified atom stereocenters. The monoisotopic (exact) mass is 440 g/mol. The molecular weight excluding hydrogens is 407 g/mol. The molecule has 1 fully saturated rings. The molecule has 7 nitrogen and oxygen atoms in total. The number of nitrogens with two attached hydrogens (primary N) is 1. The van der Waals surface area contributed by atoms with Crippen molar-refractivity contribution in [3.63, 3.8) is 0 Å². The highest BCUT2D eigenvalue weighted by atomic mass is 19.1. The third-order valence-electron chi connectivity index (χ3n) is 6.61. The first-order valence-electron chi connectivity index (χ1n) is 11.6. The van der Waals surface area contributed by atoms with Crippen LogP contribution in [0.2, 0.25) is 0 Å². The predicted octanol–water partition coefficient (Wildman–Crippen LogP) is 4.12. The number of carbonyl (C=O) groups excluding carboxylic acids is 1. The summed E-state index contributed by atoms with van der Waals surface area (Å²) in [6, 6.07) is 5.72. The Kier molecular flexibility index (Phi) is 6.77. The summed E-state index contributed by atoms with van der Waals surface area (Å²) in [5.41, 5.74) is 8.72. The topological polar surface area (TPSA) is 87.4 Å². The van der Waals surface area contributed by atoms with Gasteiger partial charge >= 0.3 is 6.03 Å². The number of urea groups is 1. The minimum absolute atomic E-state index is 0.316. The van der Waals surface area contributed by atoms with Crippen molar-refractivity contribution in [2.24, 2.45) is 11.7 Å². The second-order valence-electron chi connectivity index (χ2n) is 9.18. The quantitative estimate of drug-likeness (QED) is 0.706. The summed E-state index contributed by atoms with van der Waals surface area (Å²) in [4.78, 5) is 25.3. The zero-order valence-electron chi connectivity index (χ0n) is 19.0. The number of fused-ring (bicyclic) bond motifs is 1. The SMILES string of the molecule is CN(C)c1nc(N[C@H]2CC[C@@H](CN(C(N)=O)c3ccc(F)cc3)CC2)nc2c1CCCC2. The van der Waals surface area contributed by atoms with Gasteiger partial charge in [0.1, 0.15) is 11.6 Å². The van der Waals surface area contributed by atoms with E-state index in [9.17, 15) is 9.18 Å². The number of rotatable bonds is 6. The van der Waals surface area contributed by atoms with Gasteiger partial charge in [-0.25, -0.2) is 14.2 Å². The van der Waals surface area contributed by atoms with Gasteiger partial charge in [-0.1, -0.05) is 0 Å². The Labute approximate surface area is 189 Å². The minimum Gasteiger partial charge on any atom is -0.362 e. The average molecular weight is 441 g/mol. The van der Waals surface area contributed by atoms with Crippen molar-refractivity contribution in [3.8, 4) is 0 Å². The Morgan fingerprint density at radius 1 is 1.09 bits per heavy atom. The molecule has 3 N–H and O–H groups in total.